The van der Waals surface area contributed by atoms with Gasteiger partial charge in [-0.1, -0.05) is 23.4 Å². The predicted molar refractivity (Wildman–Crippen MR) is 120 cm³/mol. The summed E-state index contributed by atoms with van der Waals surface area (Å²) in [6, 6.07) is 8.26. The Balaban J connectivity index is 1.19. The molecule has 0 saturated carbocycles. The summed E-state index contributed by atoms with van der Waals surface area (Å²) in [4.78, 5) is 14.0. The van der Waals surface area contributed by atoms with Gasteiger partial charge in [0.05, 0.1) is 5.56 Å². The Morgan fingerprint density at radius 3 is 2.53 bits per heavy atom. The summed E-state index contributed by atoms with van der Waals surface area (Å²) in [5.74, 6) is -0.569. The molecule has 0 radical (unpaired) electrons. The van der Waals surface area contributed by atoms with Crippen molar-refractivity contribution in [2.24, 2.45) is 18.7 Å². The summed E-state index contributed by atoms with van der Waals surface area (Å²) in [6.45, 7) is 1.57. The number of aromatic nitrogens is 5. The number of fused-ring (bicyclic) bond motifs is 1. The van der Waals surface area contributed by atoms with E-state index in [0.717, 1.165) is 32.4 Å². The third-order valence-corrected chi connectivity index (χ3v) is 6.38. The molecule has 5 rings (SSSR count). The van der Waals surface area contributed by atoms with Crippen LogP contribution in [0.3, 0.4) is 0 Å². The van der Waals surface area contributed by atoms with Crippen LogP contribution < -0.4 is 10.6 Å². The van der Waals surface area contributed by atoms with Crippen LogP contribution in [-0.2, 0) is 13.2 Å². The fraction of sp³-hybridized carbons (Fsp3) is 0.391. The summed E-state index contributed by atoms with van der Waals surface area (Å²) in [5.41, 5.74) is 9.23. The average Bonchev–Trinajstić information content (AvgIpc) is 3.46. The largest absolute Gasteiger partial charge is 0.471 e. The van der Waals surface area contributed by atoms with E-state index in [1.165, 1.54) is 28.9 Å². The highest BCUT2D eigenvalue weighted by Crippen LogP contribution is 2.33. The maximum Gasteiger partial charge on any atom is 0.471 e. The molecule has 0 bridgehead atoms. The van der Waals surface area contributed by atoms with Crippen LogP contribution in [0.2, 0.25) is 0 Å². The zero-order valence-corrected chi connectivity index (χ0v) is 18.5. The highest BCUT2D eigenvalue weighted by molar-refractivity contribution is 5.84. The molecule has 1 aliphatic heterocycles. The molecule has 1 fully saturated rings. The van der Waals surface area contributed by atoms with Crippen LogP contribution in [0, 0.1) is 5.92 Å². The summed E-state index contributed by atoms with van der Waals surface area (Å²) >= 11 is 0. The first kappa shape index (κ1) is 22.3. The number of nitrogens with zero attached hydrogens (tertiary/aromatic N) is 6. The minimum atomic E-state index is -4.69. The molecule has 4 aromatic rings. The quantitative estimate of drug-likeness (QED) is 0.462. The number of para-hydroxylation sites is 1. The highest BCUT2D eigenvalue weighted by atomic mass is 19.4. The fourth-order valence-electron chi connectivity index (χ4n) is 4.58. The van der Waals surface area contributed by atoms with E-state index in [-0.39, 0.29) is 17.4 Å². The first-order chi connectivity index (χ1) is 16.3. The molecule has 1 aromatic carbocycles. The number of hydrogen-bond donors (Lipinski definition) is 1. The van der Waals surface area contributed by atoms with Crippen molar-refractivity contribution in [1.29, 1.82) is 0 Å². The van der Waals surface area contributed by atoms with E-state index in [1.807, 2.05) is 19.2 Å². The Kier molecular flexibility index (Phi) is 5.72. The molecule has 3 aromatic heterocycles. The van der Waals surface area contributed by atoms with Gasteiger partial charge in [-0.05, 0) is 36.8 Å². The zero-order valence-electron chi connectivity index (χ0n) is 18.5. The van der Waals surface area contributed by atoms with E-state index < -0.39 is 12.1 Å². The van der Waals surface area contributed by atoms with Crippen molar-refractivity contribution in [3.8, 4) is 11.4 Å². The van der Waals surface area contributed by atoms with E-state index in [2.05, 4.69) is 52.4 Å². The van der Waals surface area contributed by atoms with Crippen molar-refractivity contribution >= 4 is 16.9 Å². The number of alkyl halides is 3. The van der Waals surface area contributed by atoms with Crippen molar-refractivity contribution in [2.75, 3.05) is 18.0 Å². The van der Waals surface area contributed by atoms with Crippen LogP contribution in [0.25, 0.3) is 22.3 Å². The van der Waals surface area contributed by atoms with Crippen LogP contribution in [0.1, 0.15) is 36.8 Å². The average molecular weight is 471 g/mol. The van der Waals surface area contributed by atoms with E-state index in [4.69, 9.17) is 5.73 Å². The second-order valence-corrected chi connectivity index (χ2v) is 8.68. The Labute approximate surface area is 193 Å². The fourth-order valence-corrected chi connectivity index (χ4v) is 4.58. The van der Waals surface area contributed by atoms with E-state index in [9.17, 15) is 13.2 Å². The number of aryl methyl sites for hydroxylation is 1. The first-order valence-electron chi connectivity index (χ1n) is 11.1. The van der Waals surface area contributed by atoms with Crippen LogP contribution in [0.15, 0.2) is 47.4 Å². The molecule has 8 nitrogen and oxygen atoms in total. The van der Waals surface area contributed by atoms with Crippen molar-refractivity contribution in [3.63, 3.8) is 0 Å². The van der Waals surface area contributed by atoms with Gasteiger partial charge in [-0.25, -0.2) is 9.97 Å². The number of halogens is 3. The Morgan fingerprint density at radius 2 is 1.85 bits per heavy atom. The number of piperidine rings is 1. The van der Waals surface area contributed by atoms with E-state index in [1.54, 1.807) is 0 Å². The number of anilines is 1. The van der Waals surface area contributed by atoms with Crippen molar-refractivity contribution in [2.45, 2.75) is 31.5 Å². The molecule has 0 spiro atoms. The Bertz CT molecular complexity index is 1270. The third kappa shape index (κ3) is 4.35. The normalized spacial score (nSPS) is 16.3. The first-order valence-corrected chi connectivity index (χ1v) is 11.1. The monoisotopic (exact) mass is 471 g/mol. The molecule has 1 aliphatic rings. The van der Waals surface area contributed by atoms with Crippen LogP contribution in [0.5, 0.6) is 0 Å². The van der Waals surface area contributed by atoms with Crippen molar-refractivity contribution in [3.05, 3.63) is 54.3 Å². The Hall–Kier alpha value is -3.47. The standard InChI is InChI=1S/C23H24F3N7O/c1-32-13-17(16-4-2-3-5-19(16)32)18(27)10-14-6-8-33(9-7-14)22-28-11-15(12-29-22)20-30-21(34-31-20)23(24,25)26/h2-5,11-14,18H,6-10,27H2,1H3. The molecule has 1 unspecified atom stereocenters. The van der Waals surface area contributed by atoms with Gasteiger partial charge in [0.1, 0.15) is 0 Å². The van der Waals surface area contributed by atoms with Gasteiger partial charge in [0, 0.05) is 55.7 Å². The summed E-state index contributed by atoms with van der Waals surface area (Å²) < 4.78 is 44.4. The lowest BCUT2D eigenvalue weighted by atomic mass is 9.88. The second-order valence-electron chi connectivity index (χ2n) is 8.68. The second kappa shape index (κ2) is 8.71. The molecule has 11 heteroatoms. The molecule has 0 aliphatic carbocycles. The molecule has 1 atom stereocenters. The SMILES string of the molecule is Cn1cc(C(N)CC2CCN(c3ncc(-c4noc(C(F)(F)F)n4)cn3)CC2)c2ccccc21. The van der Waals surface area contributed by atoms with E-state index >= 15 is 0 Å². The molecule has 1 saturated heterocycles. The number of nitrogens with two attached hydrogens (primary N) is 1. The van der Waals surface area contributed by atoms with Gasteiger partial charge in [-0.15, -0.1) is 0 Å². The van der Waals surface area contributed by atoms with Crippen molar-refractivity contribution < 1.29 is 17.7 Å². The van der Waals surface area contributed by atoms with Gasteiger partial charge >= 0.3 is 12.1 Å². The van der Waals surface area contributed by atoms with E-state index in [0.29, 0.717) is 11.9 Å². The smallest absolute Gasteiger partial charge is 0.350 e. The lowest BCUT2D eigenvalue weighted by Crippen LogP contribution is -2.35. The molecule has 2 N–H and O–H groups in total. The minimum absolute atomic E-state index is 0.0327. The molecular weight excluding hydrogens is 447 g/mol. The van der Waals surface area contributed by atoms with Gasteiger partial charge in [0.25, 0.3) is 0 Å². The molecule has 178 valence electrons. The number of benzene rings is 1. The van der Waals surface area contributed by atoms with Gasteiger partial charge in [0.2, 0.25) is 11.8 Å². The summed E-state index contributed by atoms with van der Waals surface area (Å²) in [7, 11) is 2.04. The predicted octanol–water partition coefficient (Wildman–Crippen LogP) is 4.34. The molecule has 34 heavy (non-hydrogen) atoms. The zero-order chi connectivity index (χ0) is 23.9. The Morgan fingerprint density at radius 1 is 1.15 bits per heavy atom. The lowest BCUT2D eigenvalue weighted by molar-refractivity contribution is -0.159. The van der Waals surface area contributed by atoms with Crippen LogP contribution in [0.4, 0.5) is 19.1 Å². The third-order valence-electron chi connectivity index (χ3n) is 6.38. The number of hydrogen-bond acceptors (Lipinski definition) is 7. The lowest BCUT2D eigenvalue weighted by Gasteiger charge is -2.33. The van der Waals surface area contributed by atoms with Gasteiger partial charge in [-0.2, -0.15) is 18.2 Å². The summed E-state index contributed by atoms with van der Waals surface area (Å²) in [5, 5.41) is 4.57. The molecule has 4 heterocycles. The maximum absolute atomic E-state index is 12.7. The topological polar surface area (TPSA) is 98.9 Å². The maximum atomic E-state index is 12.7. The van der Waals surface area contributed by atoms with Crippen molar-refractivity contribution in [1.82, 2.24) is 24.7 Å². The number of rotatable bonds is 5. The summed E-state index contributed by atoms with van der Waals surface area (Å²) in [6.07, 6.45) is 3.09. The minimum Gasteiger partial charge on any atom is -0.350 e. The highest BCUT2D eigenvalue weighted by Gasteiger charge is 2.38. The van der Waals surface area contributed by atoms with Gasteiger partial charge in [0.15, 0.2) is 0 Å². The van der Waals surface area contributed by atoms with Gasteiger partial charge < -0.3 is 19.7 Å². The van der Waals surface area contributed by atoms with Crippen LogP contribution in [-0.4, -0.2) is 37.8 Å². The molecule has 0 amide bonds. The van der Waals surface area contributed by atoms with Crippen LogP contribution >= 0.6 is 0 Å². The van der Waals surface area contributed by atoms with Gasteiger partial charge in [-0.3, -0.25) is 0 Å². The molecular formula is C23H24F3N7O.